The fraction of sp³-hybridized carbons (Fsp3) is 0.696. The summed E-state index contributed by atoms with van der Waals surface area (Å²) in [6, 6.07) is 8.75. The lowest BCUT2D eigenvalue weighted by atomic mass is 9.84. The molecule has 28 heavy (non-hydrogen) atoms. The second kappa shape index (κ2) is 7.66. The highest BCUT2D eigenvalue weighted by Crippen LogP contribution is 2.49. The number of rotatable bonds is 5. The minimum absolute atomic E-state index is 0.107. The first kappa shape index (κ1) is 20.2. The monoisotopic (exact) mass is 402 g/mol. The van der Waals surface area contributed by atoms with E-state index in [4.69, 9.17) is 4.74 Å². The second-order valence-corrected chi connectivity index (χ2v) is 10.8. The number of carbonyl (C=O) groups excluding carboxylic acids is 1. The Hall–Kier alpha value is -1.04. The number of morpholine rings is 1. The van der Waals surface area contributed by atoms with Crippen LogP contribution in [0.15, 0.2) is 24.3 Å². The lowest BCUT2D eigenvalue weighted by molar-refractivity contribution is -0.124. The Balaban J connectivity index is 1.44. The van der Waals surface area contributed by atoms with E-state index in [-0.39, 0.29) is 22.3 Å². The van der Waals surface area contributed by atoms with E-state index >= 15 is 0 Å². The summed E-state index contributed by atoms with van der Waals surface area (Å²) in [4.78, 5) is 15.8. The van der Waals surface area contributed by atoms with Gasteiger partial charge in [0.05, 0.1) is 18.6 Å². The van der Waals surface area contributed by atoms with Gasteiger partial charge in [-0.1, -0.05) is 45.0 Å². The molecule has 1 unspecified atom stereocenters. The largest absolute Gasteiger partial charge is 0.379 e. The van der Waals surface area contributed by atoms with E-state index in [9.17, 15) is 4.79 Å². The SMILES string of the molecule is CC(C)(C)c1ccc(C2(C(=O)NCC3(N4CCOCC4)CCSC3)CC2)cc1. The van der Waals surface area contributed by atoms with Crippen LogP contribution in [-0.4, -0.2) is 60.7 Å². The van der Waals surface area contributed by atoms with Crippen molar-refractivity contribution in [3.05, 3.63) is 35.4 Å². The molecule has 0 spiro atoms. The van der Waals surface area contributed by atoms with Crippen LogP contribution in [-0.2, 0) is 20.4 Å². The van der Waals surface area contributed by atoms with Gasteiger partial charge in [0, 0.05) is 30.9 Å². The maximum absolute atomic E-state index is 13.2. The van der Waals surface area contributed by atoms with Crippen molar-refractivity contribution in [3.63, 3.8) is 0 Å². The second-order valence-electron chi connectivity index (χ2n) is 9.72. The molecule has 3 fully saturated rings. The van der Waals surface area contributed by atoms with Crippen LogP contribution in [0.1, 0.15) is 51.2 Å². The first-order chi connectivity index (χ1) is 13.4. The van der Waals surface area contributed by atoms with Crippen molar-refractivity contribution < 1.29 is 9.53 Å². The average molecular weight is 403 g/mol. The molecule has 5 heteroatoms. The third kappa shape index (κ3) is 3.86. The summed E-state index contributed by atoms with van der Waals surface area (Å²) in [5, 5.41) is 3.37. The van der Waals surface area contributed by atoms with Crippen molar-refractivity contribution in [2.75, 3.05) is 44.4 Å². The summed E-state index contributed by atoms with van der Waals surface area (Å²) >= 11 is 2.02. The van der Waals surface area contributed by atoms with Crippen LogP contribution in [0, 0.1) is 0 Å². The predicted octanol–water partition coefficient (Wildman–Crippen LogP) is 3.34. The predicted molar refractivity (Wildman–Crippen MR) is 116 cm³/mol. The van der Waals surface area contributed by atoms with Gasteiger partial charge in [0.25, 0.3) is 0 Å². The smallest absolute Gasteiger partial charge is 0.230 e. The van der Waals surface area contributed by atoms with Crippen molar-refractivity contribution in [3.8, 4) is 0 Å². The highest BCUT2D eigenvalue weighted by atomic mass is 32.2. The summed E-state index contributed by atoms with van der Waals surface area (Å²) in [5.74, 6) is 2.52. The third-order valence-electron chi connectivity index (χ3n) is 6.83. The summed E-state index contributed by atoms with van der Waals surface area (Å²) in [6.45, 7) is 11.0. The molecule has 2 heterocycles. The number of nitrogens with one attached hydrogen (secondary N) is 1. The number of hydrogen-bond acceptors (Lipinski definition) is 4. The number of benzene rings is 1. The molecule has 4 nitrogen and oxygen atoms in total. The number of ether oxygens (including phenoxy) is 1. The van der Waals surface area contributed by atoms with Crippen LogP contribution < -0.4 is 5.32 Å². The highest BCUT2D eigenvalue weighted by Gasteiger charge is 2.52. The van der Waals surface area contributed by atoms with Crippen LogP contribution in [0.2, 0.25) is 0 Å². The molecule has 2 aliphatic heterocycles. The van der Waals surface area contributed by atoms with Gasteiger partial charge in [0.2, 0.25) is 5.91 Å². The summed E-state index contributed by atoms with van der Waals surface area (Å²) < 4.78 is 5.55. The zero-order valence-electron chi connectivity index (χ0n) is 17.6. The van der Waals surface area contributed by atoms with Gasteiger partial charge in [0.15, 0.2) is 0 Å². The van der Waals surface area contributed by atoms with Gasteiger partial charge in [-0.05, 0) is 41.6 Å². The molecule has 1 saturated carbocycles. The van der Waals surface area contributed by atoms with E-state index in [0.717, 1.165) is 57.9 Å². The van der Waals surface area contributed by atoms with Gasteiger partial charge in [0.1, 0.15) is 0 Å². The van der Waals surface area contributed by atoms with Crippen molar-refractivity contribution in [1.82, 2.24) is 10.2 Å². The standard InChI is InChI=1S/C23H34N2O2S/c1-21(2,3)18-4-6-19(7-5-18)23(8-9-23)20(26)24-16-22(10-15-28-17-22)25-11-13-27-14-12-25/h4-7H,8-17H2,1-3H3,(H,24,26). The molecule has 154 valence electrons. The number of hydrogen-bond donors (Lipinski definition) is 1. The first-order valence-electron chi connectivity index (χ1n) is 10.7. The average Bonchev–Trinajstić information content (AvgIpc) is 3.38. The Morgan fingerprint density at radius 2 is 1.82 bits per heavy atom. The Labute approximate surface area is 173 Å². The zero-order chi connectivity index (χ0) is 19.8. The van der Waals surface area contributed by atoms with Crippen LogP contribution in [0.4, 0.5) is 0 Å². The van der Waals surface area contributed by atoms with E-state index in [1.165, 1.54) is 16.9 Å². The van der Waals surface area contributed by atoms with Crippen LogP contribution in [0.3, 0.4) is 0 Å². The molecule has 2 saturated heterocycles. The maximum atomic E-state index is 13.2. The molecule has 0 aromatic heterocycles. The fourth-order valence-electron chi connectivity index (χ4n) is 4.61. The van der Waals surface area contributed by atoms with Gasteiger partial charge < -0.3 is 10.1 Å². The van der Waals surface area contributed by atoms with Gasteiger partial charge in [-0.15, -0.1) is 0 Å². The van der Waals surface area contributed by atoms with Crippen LogP contribution in [0.25, 0.3) is 0 Å². The van der Waals surface area contributed by atoms with Crippen molar-refractivity contribution in [1.29, 1.82) is 0 Å². The van der Waals surface area contributed by atoms with Crippen molar-refractivity contribution in [2.24, 2.45) is 0 Å². The lowest BCUT2D eigenvalue weighted by Crippen LogP contribution is -2.59. The van der Waals surface area contributed by atoms with Gasteiger partial charge in [-0.25, -0.2) is 0 Å². The molecule has 3 aliphatic rings. The summed E-state index contributed by atoms with van der Waals surface area (Å²) in [7, 11) is 0. The van der Waals surface area contributed by atoms with Gasteiger partial charge in [-0.3, -0.25) is 9.69 Å². The van der Waals surface area contributed by atoms with Crippen molar-refractivity contribution in [2.45, 2.75) is 56.4 Å². The topological polar surface area (TPSA) is 41.6 Å². The van der Waals surface area contributed by atoms with Gasteiger partial charge >= 0.3 is 0 Å². The quantitative estimate of drug-likeness (QED) is 0.820. The molecular formula is C23H34N2O2S. The molecule has 1 aromatic carbocycles. The minimum atomic E-state index is -0.297. The zero-order valence-corrected chi connectivity index (χ0v) is 18.4. The number of amides is 1. The maximum Gasteiger partial charge on any atom is 0.230 e. The minimum Gasteiger partial charge on any atom is -0.379 e. The Kier molecular flexibility index (Phi) is 5.54. The molecule has 1 amide bonds. The molecule has 0 radical (unpaired) electrons. The summed E-state index contributed by atoms with van der Waals surface area (Å²) in [6.07, 6.45) is 3.09. The normalized spacial score (nSPS) is 27.5. The van der Waals surface area contributed by atoms with E-state index in [1.54, 1.807) is 0 Å². The highest BCUT2D eigenvalue weighted by molar-refractivity contribution is 7.99. The third-order valence-corrected chi connectivity index (χ3v) is 8.06. The molecule has 1 atom stereocenters. The molecule has 1 N–H and O–H groups in total. The van der Waals surface area contributed by atoms with E-state index in [2.05, 4.69) is 55.3 Å². The number of carbonyl (C=O) groups is 1. The number of nitrogens with zero attached hydrogens (tertiary/aromatic N) is 1. The van der Waals surface area contributed by atoms with Crippen LogP contribution in [0.5, 0.6) is 0 Å². The Morgan fingerprint density at radius 1 is 1.14 bits per heavy atom. The van der Waals surface area contributed by atoms with Crippen molar-refractivity contribution >= 4 is 17.7 Å². The number of thioether (sulfide) groups is 1. The van der Waals surface area contributed by atoms with E-state index in [0.29, 0.717) is 0 Å². The van der Waals surface area contributed by atoms with Gasteiger partial charge in [-0.2, -0.15) is 11.8 Å². The fourth-order valence-corrected chi connectivity index (χ4v) is 6.09. The molecule has 4 rings (SSSR count). The first-order valence-corrected chi connectivity index (χ1v) is 11.8. The van der Waals surface area contributed by atoms with Crippen LogP contribution >= 0.6 is 11.8 Å². The molecule has 1 aliphatic carbocycles. The van der Waals surface area contributed by atoms with E-state index in [1.807, 2.05) is 11.8 Å². The lowest BCUT2D eigenvalue weighted by Gasteiger charge is -2.43. The summed E-state index contributed by atoms with van der Waals surface area (Å²) in [5.41, 5.74) is 2.45. The van der Waals surface area contributed by atoms with E-state index < -0.39 is 0 Å². The molecular weight excluding hydrogens is 368 g/mol. The molecule has 1 aromatic rings. The Bertz CT molecular complexity index is 694. The Morgan fingerprint density at radius 3 is 2.36 bits per heavy atom. The molecule has 0 bridgehead atoms.